The van der Waals surface area contributed by atoms with Crippen molar-refractivity contribution in [3.05, 3.63) is 53.5 Å². The van der Waals surface area contributed by atoms with E-state index >= 15 is 0 Å². The standard InChI is InChI=1S/C15H17NO4S/c1-3-10-21(18,19)16-13-6-4-12(5-7-13)15(17)14-8-9-20-11(14)2/h4-9,16H,3,10H2,1-2H3. The van der Waals surface area contributed by atoms with Gasteiger partial charge >= 0.3 is 0 Å². The second-order valence-corrected chi connectivity index (χ2v) is 6.56. The highest BCUT2D eigenvalue weighted by atomic mass is 32.2. The van der Waals surface area contributed by atoms with E-state index in [1.165, 1.54) is 6.26 Å². The molecule has 0 saturated carbocycles. The fraction of sp³-hybridized carbons (Fsp3) is 0.267. The first-order valence-corrected chi connectivity index (χ1v) is 8.27. The normalized spacial score (nSPS) is 11.3. The molecular weight excluding hydrogens is 290 g/mol. The first kappa shape index (κ1) is 15.3. The van der Waals surface area contributed by atoms with Crippen molar-refractivity contribution in [3.63, 3.8) is 0 Å². The van der Waals surface area contributed by atoms with Gasteiger partial charge in [-0.2, -0.15) is 0 Å². The van der Waals surface area contributed by atoms with Crippen molar-refractivity contribution in [1.29, 1.82) is 0 Å². The Labute approximate surface area is 124 Å². The Balaban J connectivity index is 2.16. The molecule has 0 unspecified atom stereocenters. The van der Waals surface area contributed by atoms with Gasteiger partial charge in [0.05, 0.1) is 17.6 Å². The van der Waals surface area contributed by atoms with Crippen molar-refractivity contribution in [2.75, 3.05) is 10.5 Å². The van der Waals surface area contributed by atoms with Gasteiger partial charge in [-0.3, -0.25) is 9.52 Å². The van der Waals surface area contributed by atoms with E-state index in [-0.39, 0.29) is 11.5 Å². The van der Waals surface area contributed by atoms with Crippen molar-refractivity contribution in [3.8, 4) is 0 Å². The van der Waals surface area contributed by atoms with Gasteiger partial charge in [-0.25, -0.2) is 8.42 Å². The molecule has 0 spiro atoms. The first-order chi connectivity index (χ1) is 9.93. The highest BCUT2D eigenvalue weighted by Gasteiger charge is 2.14. The summed E-state index contributed by atoms with van der Waals surface area (Å²) in [4.78, 5) is 12.2. The van der Waals surface area contributed by atoms with E-state index < -0.39 is 10.0 Å². The fourth-order valence-electron chi connectivity index (χ4n) is 1.96. The van der Waals surface area contributed by atoms with Crippen molar-refractivity contribution in [2.45, 2.75) is 20.3 Å². The average Bonchev–Trinajstić information content (AvgIpc) is 2.84. The molecule has 0 aliphatic rings. The monoisotopic (exact) mass is 307 g/mol. The first-order valence-electron chi connectivity index (χ1n) is 6.62. The highest BCUT2D eigenvalue weighted by Crippen LogP contribution is 2.17. The summed E-state index contributed by atoms with van der Waals surface area (Å²) in [6, 6.07) is 7.97. The van der Waals surface area contributed by atoms with Gasteiger partial charge in [0.15, 0.2) is 5.78 Å². The number of sulfonamides is 1. The minimum absolute atomic E-state index is 0.0713. The maximum atomic E-state index is 12.2. The summed E-state index contributed by atoms with van der Waals surface area (Å²) in [5, 5.41) is 0. The molecule has 6 heteroatoms. The van der Waals surface area contributed by atoms with Gasteiger partial charge in [0.1, 0.15) is 5.76 Å². The molecule has 0 radical (unpaired) electrons. The molecule has 1 heterocycles. The minimum Gasteiger partial charge on any atom is -0.469 e. The smallest absolute Gasteiger partial charge is 0.232 e. The predicted octanol–water partition coefficient (Wildman–Crippen LogP) is 2.97. The largest absolute Gasteiger partial charge is 0.469 e. The van der Waals surface area contributed by atoms with Gasteiger partial charge in [0, 0.05) is 11.3 Å². The van der Waals surface area contributed by atoms with Gasteiger partial charge in [-0.15, -0.1) is 0 Å². The van der Waals surface area contributed by atoms with Crippen LogP contribution in [0.1, 0.15) is 35.0 Å². The van der Waals surface area contributed by atoms with Gasteiger partial charge in [0.25, 0.3) is 0 Å². The SMILES string of the molecule is CCCS(=O)(=O)Nc1ccc(C(=O)c2ccoc2C)cc1. The van der Waals surface area contributed by atoms with Crippen molar-refractivity contribution >= 4 is 21.5 Å². The molecule has 2 rings (SSSR count). The molecule has 112 valence electrons. The zero-order valence-electron chi connectivity index (χ0n) is 11.9. The van der Waals surface area contributed by atoms with Crippen molar-refractivity contribution < 1.29 is 17.6 Å². The van der Waals surface area contributed by atoms with Gasteiger partial charge in [0.2, 0.25) is 10.0 Å². The molecule has 0 aliphatic carbocycles. The molecule has 0 bridgehead atoms. The molecule has 1 aromatic heterocycles. The number of hydrogen-bond acceptors (Lipinski definition) is 4. The van der Waals surface area contributed by atoms with Crippen LogP contribution in [0.3, 0.4) is 0 Å². The Bertz CT molecular complexity index is 729. The topological polar surface area (TPSA) is 76.4 Å². The quantitative estimate of drug-likeness (QED) is 0.832. The van der Waals surface area contributed by atoms with E-state index in [2.05, 4.69) is 4.72 Å². The van der Waals surface area contributed by atoms with Crippen LogP contribution in [0.25, 0.3) is 0 Å². The minimum atomic E-state index is -3.32. The third-order valence-electron chi connectivity index (χ3n) is 3.00. The van der Waals surface area contributed by atoms with E-state index in [0.29, 0.717) is 29.0 Å². The van der Waals surface area contributed by atoms with E-state index in [4.69, 9.17) is 4.42 Å². The number of carbonyl (C=O) groups excluding carboxylic acids is 1. The maximum absolute atomic E-state index is 12.2. The molecular formula is C15H17NO4S. The van der Waals surface area contributed by atoms with Crippen LogP contribution in [-0.4, -0.2) is 20.0 Å². The van der Waals surface area contributed by atoms with Crippen LogP contribution in [0.15, 0.2) is 41.0 Å². The number of anilines is 1. The molecule has 0 amide bonds. The van der Waals surface area contributed by atoms with Crippen LogP contribution in [0.2, 0.25) is 0 Å². The number of rotatable bonds is 6. The average molecular weight is 307 g/mol. The molecule has 2 aromatic rings. The summed E-state index contributed by atoms with van der Waals surface area (Å²) in [6.45, 7) is 3.52. The molecule has 5 nitrogen and oxygen atoms in total. The van der Waals surface area contributed by atoms with Crippen LogP contribution in [0.5, 0.6) is 0 Å². The van der Waals surface area contributed by atoms with Gasteiger partial charge < -0.3 is 4.42 Å². The molecule has 1 aromatic carbocycles. The fourth-order valence-corrected chi connectivity index (χ4v) is 3.10. The Morgan fingerprint density at radius 3 is 2.38 bits per heavy atom. The Morgan fingerprint density at radius 2 is 1.86 bits per heavy atom. The number of aryl methyl sites for hydroxylation is 1. The van der Waals surface area contributed by atoms with E-state index in [1.807, 2.05) is 0 Å². The second-order valence-electron chi connectivity index (χ2n) is 4.72. The molecule has 0 saturated heterocycles. The zero-order valence-corrected chi connectivity index (χ0v) is 12.7. The molecule has 21 heavy (non-hydrogen) atoms. The van der Waals surface area contributed by atoms with Crippen LogP contribution in [0.4, 0.5) is 5.69 Å². The second kappa shape index (κ2) is 6.13. The third kappa shape index (κ3) is 3.72. The van der Waals surface area contributed by atoms with Gasteiger partial charge in [-0.1, -0.05) is 6.92 Å². The summed E-state index contributed by atoms with van der Waals surface area (Å²) in [6.07, 6.45) is 2.02. The van der Waals surface area contributed by atoms with E-state index in [9.17, 15) is 13.2 Å². The third-order valence-corrected chi connectivity index (χ3v) is 4.49. The lowest BCUT2D eigenvalue weighted by molar-refractivity contribution is 0.103. The number of nitrogens with one attached hydrogen (secondary N) is 1. The van der Waals surface area contributed by atoms with Crippen LogP contribution in [0, 0.1) is 6.92 Å². The molecule has 0 fully saturated rings. The summed E-state index contributed by atoms with van der Waals surface area (Å²) in [5.41, 5.74) is 1.44. The van der Waals surface area contributed by atoms with Crippen LogP contribution < -0.4 is 4.72 Å². The number of hydrogen-bond donors (Lipinski definition) is 1. The number of benzene rings is 1. The van der Waals surface area contributed by atoms with Crippen molar-refractivity contribution in [1.82, 2.24) is 0 Å². The summed E-state index contributed by atoms with van der Waals surface area (Å²) < 4.78 is 30.9. The lowest BCUT2D eigenvalue weighted by Crippen LogP contribution is -2.16. The summed E-state index contributed by atoms with van der Waals surface area (Å²) in [7, 11) is -3.32. The zero-order chi connectivity index (χ0) is 15.5. The van der Waals surface area contributed by atoms with Crippen LogP contribution in [-0.2, 0) is 10.0 Å². The molecule has 1 N–H and O–H groups in total. The lowest BCUT2D eigenvalue weighted by Gasteiger charge is -2.07. The van der Waals surface area contributed by atoms with E-state index in [0.717, 1.165) is 0 Å². The Kier molecular flexibility index (Phi) is 4.47. The number of carbonyl (C=O) groups is 1. The van der Waals surface area contributed by atoms with E-state index in [1.54, 1.807) is 44.2 Å². The van der Waals surface area contributed by atoms with Crippen LogP contribution >= 0.6 is 0 Å². The number of furan rings is 1. The molecule has 0 atom stereocenters. The highest BCUT2D eigenvalue weighted by molar-refractivity contribution is 7.92. The van der Waals surface area contributed by atoms with Crippen molar-refractivity contribution in [2.24, 2.45) is 0 Å². The summed E-state index contributed by atoms with van der Waals surface area (Å²) in [5.74, 6) is 0.485. The number of ketones is 1. The maximum Gasteiger partial charge on any atom is 0.232 e. The molecule has 0 aliphatic heterocycles. The Hall–Kier alpha value is -2.08. The lowest BCUT2D eigenvalue weighted by atomic mass is 10.0. The predicted molar refractivity (Wildman–Crippen MR) is 81.0 cm³/mol. The van der Waals surface area contributed by atoms with Gasteiger partial charge in [-0.05, 0) is 43.7 Å². The summed E-state index contributed by atoms with van der Waals surface area (Å²) >= 11 is 0. The Morgan fingerprint density at radius 1 is 1.19 bits per heavy atom.